The molecule has 2 aromatic carbocycles. The van der Waals surface area contributed by atoms with Gasteiger partial charge in [0.2, 0.25) is 5.91 Å². The fourth-order valence-corrected chi connectivity index (χ4v) is 5.76. The summed E-state index contributed by atoms with van der Waals surface area (Å²) in [5.41, 5.74) is 4.38. The van der Waals surface area contributed by atoms with Gasteiger partial charge in [-0.2, -0.15) is 0 Å². The first-order valence-electron chi connectivity index (χ1n) is 13.7. The molecular formula is C32H44N2O2. The van der Waals surface area contributed by atoms with Gasteiger partial charge in [-0.25, -0.2) is 0 Å². The van der Waals surface area contributed by atoms with Crippen molar-refractivity contribution < 1.29 is 9.90 Å². The third-order valence-corrected chi connectivity index (χ3v) is 7.89. The zero-order valence-electron chi connectivity index (χ0n) is 22.9. The first-order chi connectivity index (χ1) is 16.9. The van der Waals surface area contributed by atoms with Crippen LogP contribution in [0.15, 0.2) is 36.4 Å². The van der Waals surface area contributed by atoms with Crippen molar-refractivity contribution in [3.8, 4) is 5.75 Å². The summed E-state index contributed by atoms with van der Waals surface area (Å²) in [6, 6.07) is 12.5. The Balaban J connectivity index is 1.56. The van der Waals surface area contributed by atoms with Crippen LogP contribution in [0.3, 0.4) is 0 Å². The van der Waals surface area contributed by atoms with Crippen LogP contribution in [0.5, 0.6) is 5.75 Å². The minimum Gasteiger partial charge on any atom is -0.507 e. The number of anilines is 1. The molecule has 2 fully saturated rings. The van der Waals surface area contributed by atoms with E-state index in [-0.39, 0.29) is 22.8 Å². The minimum atomic E-state index is -0.176. The highest BCUT2D eigenvalue weighted by atomic mass is 16.3. The van der Waals surface area contributed by atoms with E-state index in [1.54, 1.807) is 0 Å². The lowest BCUT2D eigenvalue weighted by Crippen LogP contribution is -2.53. The molecule has 3 atom stereocenters. The number of hydrogen-bond donors (Lipinski definition) is 3. The minimum absolute atomic E-state index is 0.0644. The van der Waals surface area contributed by atoms with Crippen molar-refractivity contribution in [2.45, 2.75) is 103 Å². The molecule has 194 valence electrons. The second-order valence-corrected chi connectivity index (χ2v) is 12.8. The van der Waals surface area contributed by atoms with Crippen LogP contribution in [-0.2, 0) is 15.6 Å². The lowest BCUT2D eigenvalue weighted by molar-refractivity contribution is -0.119. The number of carbonyl (C=O) groups is 1. The summed E-state index contributed by atoms with van der Waals surface area (Å²) >= 11 is 0. The van der Waals surface area contributed by atoms with Gasteiger partial charge in [0, 0.05) is 22.9 Å². The van der Waals surface area contributed by atoms with Crippen molar-refractivity contribution in [3.63, 3.8) is 0 Å². The Morgan fingerprint density at radius 2 is 1.56 bits per heavy atom. The highest BCUT2D eigenvalue weighted by molar-refractivity contribution is 5.97. The van der Waals surface area contributed by atoms with Crippen molar-refractivity contribution in [3.05, 3.63) is 58.7 Å². The molecule has 2 aliphatic rings. The number of phenols is 1. The van der Waals surface area contributed by atoms with Gasteiger partial charge < -0.3 is 15.7 Å². The van der Waals surface area contributed by atoms with E-state index in [9.17, 15) is 9.90 Å². The van der Waals surface area contributed by atoms with Gasteiger partial charge in [0.15, 0.2) is 0 Å². The molecule has 0 bridgehead atoms. The Labute approximate surface area is 217 Å². The molecule has 4 nitrogen and oxygen atoms in total. The largest absolute Gasteiger partial charge is 0.507 e. The molecule has 4 heteroatoms. The smallest absolute Gasteiger partial charge is 0.241 e. The molecule has 0 spiro atoms. The molecule has 1 aliphatic carbocycles. The Morgan fingerprint density at radius 3 is 2.22 bits per heavy atom. The molecule has 1 saturated carbocycles. The van der Waals surface area contributed by atoms with Crippen LogP contribution in [-0.4, -0.2) is 23.1 Å². The van der Waals surface area contributed by atoms with Gasteiger partial charge in [-0.15, -0.1) is 0 Å². The molecule has 3 N–H and O–H groups in total. The number of piperidine rings is 1. The molecule has 2 aromatic rings. The fourth-order valence-electron chi connectivity index (χ4n) is 5.76. The van der Waals surface area contributed by atoms with Crippen LogP contribution in [0.1, 0.15) is 102 Å². The number of aromatic hydroxyl groups is 1. The van der Waals surface area contributed by atoms with Gasteiger partial charge in [-0.3, -0.25) is 4.79 Å². The van der Waals surface area contributed by atoms with Crippen LogP contribution in [0, 0.1) is 5.92 Å². The predicted octanol–water partition coefficient (Wildman–Crippen LogP) is 7.41. The second-order valence-electron chi connectivity index (χ2n) is 12.8. The Bertz CT molecular complexity index is 1080. The zero-order valence-corrected chi connectivity index (χ0v) is 22.9. The molecule has 1 amide bonds. The number of nitrogens with one attached hydrogen (secondary N) is 2. The lowest BCUT2D eigenvalue weighted by atomic mass is 9.77. The van der Waals surface area contributed by atoms with E-state index in [1.807, 2.05) is 24.3 Å². The Hall–Kier alpha value is -2.59. The van der Waals surface area contributed by atoms with Crippen LogP contribution >= 0.6 is 0 Å². The third kappa shape index (κ3) is 6.03. The maximum Gasteiger partial charge on any atom is 0.241 e. The second kappa shape index (κ2) is 10.4. The van der Waals surface area contributed by atoms with Gasteiger partial charge in [-0.05, 0) is 71.8 Å². The van der Waals surface area contributed by atoms with E-state index >= 15 is 0 Å². The van der Waals surface area contributed by atoms with Gasteiger partial charge >= 0.3 is 0 Å². The number of amides is 1. The standard InChI is InChI=1S/C32H44N2O2/c1-31(2,3)24-19-21(20-25(29(24)35)32(4,5)6)15-16-22-11-8-10-14-27(22)34-30(36)28-18-17-23-12-7-9-13-26(23)33-28/h8,10-11,14-16,19-20,23,26,28,33,35H,7,9,12-13,17-18H2,1-6H3,(H,34,36). The van der Waals surface area contributed by atoms with Crippen molar-refractivity contribution >= 4 is 23.7 Å². The topological polar surface area (TPSA) is 61.4 Å². The number of phenolic OH excluding ortho intramolecular Hbond substituents is 1. The molecular weight excluding hydrogens is 444 g/mol. The summed E-state index contributed by atoms with van der Waals surface area (Å²) in [7, 11) is 0. The summed E-state index contributed by atoms with van der Waals surface area (Å²) in [5, 5.41) is 17.9. The van der Waals surface area contributed by atoms with E-state index in [2.05, 4.69) is 76.5 Å². The molecule has 1 aliphatic heterocycles. The predicted molar refractivity (Wildman–Crippen MR) is 151 cm³/mol. The van der Waals surface area contributed by atoms with Crippen LogP contribution in [0.4, 0.5) is 5.69 Å². The van der Waals surface area contributed by atoms with Crippen molar-refractivity contribution in [1.82, 2.24) is 5.32 Å². The molecule has 1 saturated heterocycles. The number of benzene rings is 2. The molecule has 1 heterocycles. The fraction of sp³-hybridized carbons (Fsp3) is 0.531. The highest BCUT2D eigenvalue weighted by Gasteiger charge is 2.34. The molecule has 0 radical (unpaired) electrons. The number of carbonyl (C=O) groups excluding carboxylic acids is 1. The first-order valence-corrected chi connectivity index (χ1v) is 13.7. The van der Waals surface area contributed by atoms with Gasteiger partial charge in [-0.1, -0.05) is 84.7 Å². The number of fused-ring (bicyclic) bond motifs is 1. The molecule has 4 rings (SSSR count). The van der Waals surface area contributed by atoms with E-state index in [0.29, 0.717) is 11.8 Å². The summed E-state index contributed by atoms with van der Waals surface area (Å²) in [6.07, 6.45) is 11.3. The van der Waals surface area contributed by atoms with Gasteiger partial charge in [0.1, 0.15) is 5.75 Å². The zero-order chi connectivity index (χ0) is 26.1. The summed E-state index contributed by atoms with van der Waals surface area (Å²) in [5.74, 6) is 1.19. The maximum atomic E-state index is 13.2. The normalized spacial score (nSPS) is 22.9. The monoisotopic (exact) mass is 488 g/mol. The average Bonchev–Trinajstić information content (AvgIpc) is 2.82. The summed E-state index contributed by atoms with van der Waals surface area (Å²) < 4.78 is 0. The van der Waals surface area contributed by atoms with Crippen LogP contribution in [0.25, 0.3) is 12.2 Å². The SMILES string of the molecule is CC(C)(C)c1cc(C=Cc2ccccc2NC(=O)C2CCC3CCCCC3N2)cc(C(C)(C)C)c1O. The third-order valence-electron chi connectivity index (χ3n) is 7.89. The number of para-hydroxylation sites is 1. The van der Waals surface area contributed by atoms with Gasteiger partial charge in [0.05, 0.1) is 6.04 Å². The van der Waals surface area contributed by atoms with Crippen LogP contribution in [0.2, 0.25) is 0 Å². The average molecular weight is 489 g/mol. The molecule has 3 unspecified atom stereocenters. The quantitative estimate of drug-likeness (QED) is 0.393. The maximum absolute atomic E-state index is 13.2. The highest BCUT2D eigenvalue weighted by Crippen LogP contribution is 2.40. The number of hydrogen-bond acceptors (Lipinski definition) is 3. The van der Waals surface area contributed by atoms with Crippen molar-refractivity contribution in [2.24, 2.45) is 5.92 Å². The van der Waals surface area contributed by atoms with Crippen molar-refractivity contribution in [1.29, 1.82) is 0 Å². The van der Waals surface area contributed by atoms with E-state index in [4.69, 9.17) is 0 Å². The van der Waals surface area contributed by atoms with E-state index in [0.717, 1.165) is 46.7 Å². The van der Waals surface area contributed by atoms with E-state index in [1.165, 1.54) is 25.7 Å². The molecule has 36 heavy (non-hydrogen) atoms. The first kappa shape index (κ1) is 26.5. The lowest BCUT2D eigenvalue weighted by Gasteiger charge is -2.39. The number of rotatable bonds is 4. The Morgan fingerprint density at radius 1 is 0.917 bits per heavy atom. The summed E-state index contributed by atoms with van der Waals surface area (Å²) in [4.78, 5) is 13.2. The van der Waals surface area contributed by atoms with Crippen molar-refractivity contribution in [2.75, 3.05) is 5.32 Å². The van der Waals surface area contributed by atoms with Crippen LogP contribution < -0.4 is 10.6 Å². The van der Waals surface area contributed by atoms with Gasteiger partial charge in [0.25, 0.3) is 0 Å². The Kier molecular flexibility index (Phi) is 7.66. The van der Waals surface area contributed by atoms with E-state index < -0.39 is 0 Å². The molecule has 0 aromatic heterocycles. The summed E-state index contributed by atoms with van der Waals surface area (Å²) in [6.45, 7) is 12.8.